The standard InChI is InChI=1S/C14H19N3O3/c1-9(15)3-2-4-13(18)16-10-5-6-12-11(7-10)17-14(19)8-20-12/h5-7,9H,2-4,8,15H2,1H3,(H,16,18)(H,17,19). The van der Waals surface area contributed by atoms with Crippen LogP contribution in [0.15, 0.2) is 18.2 Å². The van der Waals surface area contributed by atoms with Gasteiger partial charge in [0, 0.05) is 18.2 Å². The summed E-state index contributed by atoms with van der Waals surface area (Å²) in [5.41, 5.74) is 6.85. The second kappa shape index (κ2) is 6.38. The van der Waals surface area contributed by atoms with Gasteiger partial charge in [0.15, 0.2) is 6.61 Å². The molecule has 1 aliphatic heterocycles. The first kappa shape index (κ1) is 14.3. The van der Waals surface area contributed by atoms with E-state index in [-0.39, 0.29) is 24.5 Å². The average molecular weight is 277 g/mol. The van der Waals surface area contributed by atoms with Crippen LogP contribution in [-0.2, 0) is 9.59 Å². The molecule has 1 aromatic carbocycles. The lowest BCUT2D eigenvalue weighted by Crippen LogP contribution is -2.25. The van der Waals surface area contributed by atoms with Gasteiger partial charge in [0.25, 0.3) is 5.91 Å². The predicted molar refractivity (Wildman–Crippen MR) is 76.7 cm³/mol. The van der Waals surface area contributed by atoms with E-state index in [1.807, 2.05) is 6.92 Å². The van der Waals surface area contributed by atoms with E-state index in [0.717, 1.165) is 12.8 Å². The number of hydrogen-bond acceptors (Lipinski definition) is 4. The van der Waals surface area contributed by atoms with Gasteiger partial charge in [0.05, 0.1) is 5.69 Å². The maximum absolute atomic E-state index is 11.8. The Morgan fingerprint density at radius 3 is 3.10 bits per heavy atom. The molecule has 2 amide bonds. The van der Waals surface area contributed by atoms with Gasteiger partial charge in [-0.05, 0) is 38.0 Å². The second-order valence-corrected chi connectivity index (χ2v) is 4.97. The summed E-state index contributed by atoms with van der Waals surface area (Å²) in [4.78, 5) is 23.0. The summed E-state index contributed by atoms with van der Waals surface area (Å²) in [7, 11) is 0. The van der Waals surface area contributed by atoms with E-state index < -0.39 is 0 Å². The van der Waals surface area contributed by atoms with Crippen molar-refractivity contribution in [2.75, 3.05) is 17.2 Å². The Bertz CT molecular complexity index is 514. The number of fused-ring (bicyclic) bond motifs is 1. The summed E-state index contributed by atoms with van der Waals surface area (Å²) >= 11 is 0. The molecule has 0 fully saturated rings. The number of benzene rings is 1. The Morgan fingerprint density at radius 1 is 1.55 bits per heavy atom. The number of nitrogens with two attached hydrogens (primary N) is 1. The van der Waals surface area contributed by atoms with Crippen molar-refractivity contribution in [3.63, 3.8) is 0 Å². The van der Waals surface area contributed by atoms with Gasteiger partial charge in [-0.2, -0.15) is 0 Å². The smallest absolute Gasteiger partial charge is 0.262 e. The molecule has 1 aliphatic rings. The summed E-state index contributed by atoms with van der Waals surface area (Å²) in [6.07, 6.45) is 2.01. The van der Waals surface area contributed by atoms with E-state index in [9.17, 15) is 9.59 Å². The van der Waals surface area contributed by atoms with E-state index in [4.69, 9.17) is 10.5 Å². The second-order valence-electron chi connectivity index (χ2n) is 4.97. The van der Waals surface area contributed by atoms with Gasteiger partial charge in [-0.25, -0.2) is 0 Å². The lowest BCUT2D eigenvalue weighted by Gasteiger charge is -2.18. The molecule has 1 aromatic rings. The Balaban J connectivity index is 1.91. The van der Waals surface area contributed by atoms with Gasteiger partial charge >= 0.3 is 0 Å². The van der Waals surface area contributed by atoms with Gasteiger partial charge in [0.2, 0.25) is 5.91 Å². The van der Waals surface area contributed by atoms with Crippen LogP contribution in [0.3, 0.4) is 0 Å². The summed E-state index contributed by atoms with van der Waals surface area (Å²) in [6.45, 7) is 1.94. The number of carbonyl (C=O) groups excluding carboxylic acids is 2. The third-order valence-electron chi connectivity index (χ3n) is 2.96. The maximum atomic E-state index is 11.8. The van der Waals surface area contributed by atoms with Gasteiger partial charge < -0.3 is 21.1 Å². The summed E-state index contributed by atoms with van der Waals surface area (Å²) in [5, 5.41) is 5.49. The molecule has 108 valence electrons. The van der Waals surface area contributed by atoms with Crippen LogP contribution in [0.4, 0.5) is 11.4 Å². The molecular formula is C14H19N3O3. The third-order valence-corrected chi connectivity index (χ3v) is 2.96. The third kappa shape index (κ3) is 3.96. The van der Waals surface area contributed by atoms with E-state index in [1.54, 1.807) is 18.2 Å². The number of carbonyl (C=O) groups is 2. The molecular weight excluding hydrogens is 258 g/mol. The highest BCUT2D eigenvalue weighted by Crippen LogP contribution is 2.30. The van der Waals surface area contributed by atoms with Crippen LogP contribution >= 0.6 is 0 Å². The molecule has 0 aliphatic carbocycles. The van der Waals surface area contributed by atoms with Crippen molar-refractivity contribution < 1.29 is 14.3 Å². The number of amides is 2. The molecule has 1 heterocycles. The average Bonchev–Trinajstić information content (AvgIpc) is 2.37. The van der Waals surface area contributed by atoms with Crippen molar-refractivity contribution >= 4 is 23.2 Å². The Morgan fingerprint density at radius 2 is 2.35 bits per heavy atom. The molecule has 1 unspecified atom stereocenters. The Kier molecular flexibility index (Phi) is 4.57. The van der Waals surface area contributed by atoms with Crippen LogP contribution in [0.2, 0.25) is 0 Å². The first-order valence-corrected chi connectivity index (χ1v) is 6.67. The highest BCUT2D eigenvalue weighted by atomic mass is 16.5. The molecule has 1 atom stereocenters. The normalized spacial score (nSPS) is 14.8. The van der Waals surface area contributed by atoms with E-state index in [0.29, 0.717) is 23.5 Å². The number of anilines is 2. The predicted octanol–water partition coefficient (Wildman–Crippen LogP) is 1.47. The fourth-order valence-corrected chi connectivity index (χ4v) is 1.97. The highest BCUT2D eigenvalue weighted by molar-refractivity contribution is 5.97. The van der Waals surface area contributed by atoms with E-state index >= 15 is 0 Å². The summed E-state index contributed by atoms with van der Waals surface area (Å²) in [6, 6.07) is 5.28. The molecule has 2 rings (SSSR count). The minimum atomic E-state index is -0.196. The molecule has 0 spiro atoms. The number of rotatable bonds is 5. The van der Waals surface area contributed by atoms with Gasteiger partial charge in [-0.15, -0.1) is 0 Å². The maximum Gasteiger partial charge on any atom is 0.262 e. The molecule has 0 bridgehead atoms. The van der Waals surface area contributed by atoms with Gasteiger partial charge in [-0.3, -0.25) is 9.59 Å². The number of nitrogens with one attached hydrogen (secondary N) is 2. The van der Waals surface area contributed by atoms with Crippen molar-refractivity contribution in [1.82, 2.24) is 0 Å². The van der Waals surface area contributed by atoms with Crippen molar-refractivity contribution in [3.05, 3.63) is 18.2 Å². The number of ether oxygens (including phenoxy) is 1. The zero-order chi connectivity index (χ0) is 14.5. The number of hydrogen-bond donors (Lipinski definition) is 3. The van der Waals surface area contributed by atoms with Crippen LogP contribution in [0.5, 0.6) is 5.75 Å². The fourth-order valence-electron chi connectivity index (χ4n) is 1.97. The van der Waals surface area contributed by atoms with Crippen molar-refractivity contribution in [2.24, 2.45) is 5.73 Å². The van der Waals surface area contributed by atoms with Crippen LogP contribution in [-0.4, -0.2) is 24.5 Å². The molecule has 0 aromatic heterocycles. The first-order chi connectivity index (χ1) is 9.54. The van der Waals surface area contributed by atoms with Crippen LogP contribution in [0, 0.1) is 0 Å². The lowest BCUT2D eigenvalue weighted by molar-refractivity contribution is -0.118. The lowest BCUT2D eigenvalue weighted by atomic mass is 10.1. The van der Waals surface area contributed by atoms with Crippen molar-refractivity contribution in [1.29, 1.82) is 0 Å². The van der Waals surface area contributed by atoms with E-state index in [1.165, 1.54) is 0 Å². The van der Waals surface area contributed by atoms with Crippen LogP contribution in [0.1, 0.15) is 26.2 Å². The van der Waals surface area contributed by atoms with Gasteiger partial charge in [-0.1, -0.05) is 0 Å². The molecule has 6 nitrogen and oxygen atoms in total. The molecule has 0 radical (unpaired) electrons. The zero-order valence-corrected chi connectivity index (χ0v) is 11.4. The van der Waals surface area contributed by atoms with Crippen molar-refractivity contribution in [3.8, 4) is 5.75 Å². The summed E-state index contributed by atoms with van der Waals surface area (Å²) < 4.78 is 5.25. The Labute approximate surface area is 117 Å². The monoisotopic (exact) mass is 277 g/mol. The topological polar surface area (TPSA) is 93.5 Å². The van der Waals surface area contributed by atoms with Crippen LogP contribution in [0.25, 0.3) is 0 Å². The summed E-state index contributed by atoms with van der Waals surface area (Å²) in [5.74, 6) is 0.353. The van der Waals surface area contributed by atoms with Crippen LogP contribution < -0.4 is 21.1 Å². The Hall–Kier alpha value is -2.08. The minimum Gasteiger partial charge on any atom is -0.482 e. The molecule has 4 N–H and O–H groups in total. The highest BCUT2D eigenvalue weighted by Gasteiger charge is 2.16. The SMILES string of the molecule is CC(N)CCCC(=O)Nc1ccc2c(c1)NC(=O)CO2. The molecule has 6 heteroatoms. The van der Waals surface area contributed by atoms with E-state index in [2.05, 4.69) is 10.6 Å². The first-order valence-electron chi connectivity index (χ1n) is 6.67. The largest absolute Gasteiger partial charge is 0.482 e. The molecule has 0 saturated heterocycles. The van der Waals surface area contributed by atoms with Gasteiger partial charge in [0.1, 0.15) is 5.75 Å². The molecule has 20 heavy (non-hydrogen) atoms. The molecule has 0 saturated carbocycles. The quantitative estimate of drug-likeness (QED) is 0.759. The van der Waals surface area contributed by atoms with Crippen molar-refractivity contribution in [2.45, 2.75) is 32.2 Å². The zero-order valence-electron chi connectivity index (χ0n) is 11.4. The fraction of sp³-hybridized carbons (Fsp3) is 0.429. The minimum absolute atomic E-state index is 0.0238.